The molecule has 2 atom stereocenters. The van der Waals surface area contributed by atoms with Gasteiger partial charge in [-0.1, -0.05) is 12.1 Å². The lowest BCUT2D eigenvalue weighted by Crippen LogP contribution is -2.35. The molecule has 0 bridgehead atoms. The van der Waals surface area contributed by atoms with Gasteiger partial charge in [0.15, 0.2) is 0 Å². The van der Waals surface area contributed by atoms with Gasteiger partial charge in [0.2, 0.25) is 0 Å². The number of rotatable bonds is 6. The summed E-state index contributed by atoms with van der Waals surface area (Å²) in [5.41, 5.74) is 6.60. The molecule has 3 N–H and O–H groups in total. The summed E-state index contributed by atoms with van der Waals surface area (Å²) in [7, 11) is 5.41. The fraction of sp³-hybridized carbons (Fsp3) is 0.462. The Morgan fingerprint density at radius 1 is 1.50 bits per heavy atom. The van der Waals surface area contributed by atoms with Gasteiger partial charge in [0.25, 0.3) is 0 Å². The van der Waals surface area contributed by atoms with E-state index in [1.54, 1.807) is 7.11 Å². The van der Waals surface area contributed by atoms with Crippen LogP contribution in [0.3, 0.4) is 0 Å². The standard InChI is InChI=1S/C13H20N2O3/c1-15(2)12(8-11(14)13(16)17)9-5-4-6-10(7-9)18-3/h4-7,11-12H,8,14H2,1-3H3,(H,16,17). The first kappa shape index (κ1) is 14.5. The number of hydrogen-bond donors (Lipinski definition) is 2. The van der Waals surface area contributed by atoms with Crippen LogP contribution in [0.25, 0.3) is 0 Å². The SMILES string of the molecule is COc1cccc(C(CC(N)C(=O)O)N(C)C)c1. The predicted octanol–water partition coefficient (Wildman–Crippen LogP) is 1.10. The van der Waals surface area contributed by atoms with E-state index in [1.807, 2.05) is 43.3 Å². The van der Waals surface area contributed by atoms with E-state index in [0.29, 0.717) is 6.42 Å². The number of benzene rings is 1. The fourth-order valence-corrected chi connectivity index (χ4v) is 1.84. The molecular weight excluding hydrogens is 232 g/mol. The van der Waals surface area contributed by atoms with Crippen molar-refractivity contribution < 1.29 is 14.6 Å². The molecule has 0 aliphatic heterocycles. The molecule has 0 spiro atoms. The molecule has 0 radical (unpaired) electrons. The van der Waals surface area contributed by atoms with Crippen LogP contribution in [-0.2, 0) is 4.79 Å². The molecule has 0 aliphatic rings. The molecule has 18 heavy (non-hydrogen) atoms. The number of carbonyl (C=O) groups is 1. The first-order valence-electron chi connectivity index (χ1n) is 5.74. The maximum atomic E-state index is 10.8. The zero-order valence-electron chi connectivity index (χ0n) is 11.0. The maximum Gasteiger partial charge on any atom is 0.320 e. The Balaban J connectivity index is 2.93. The second-order valence-electron chi connectivity index (χ2n) is 4.44. The van der Waals surface area contributed by atoms with Gasteiger partial charge in [-0.15, -0.1) is 0 Å². The molecule has 0 saturated carbocycles. The number of aliphatic carboxylic acids is 1. The van der Waals surface area contributed by atoms with Crippen molar-refractivity contribution in [1.29, 1.82) is 0 Å². The molecule has 1 rings (SSSR count). The lowest BCUT2D eigenvalue weighted by atomic mass is 9.98. The Kier molecular flexibility index (Phi) is 5.12. The van der Waals surface area contributed by atoms with E-state index in [1.165, 1.54) is 0 Å². The summed E-state index contributed by atoms with van der Waals surface area (Å²) in [6.45, 7) is 0. The second-order valence-corrected chi connectivity index (χ2v) is 4.44. The smallest absolute Gasteiger partial charge is 0.320 e. The Bertz CT molecular complexity index is 407. The molecule has 0 aromatic heterocycles. The number of hydrogen-bond acceptors (Lipinski definition) is 4. The fourth-order valence-electron chi connectivity index (χ4n) is 1.84. The predicted molar refractivity (Wildman–Crippen MR) is 69.7 cm³/mol. The third kappa shape index (κ3) is 3.72. The first-order valence-corrected chi connectivity index (χ1v) is 5.74. The van der Waals surface area contributed by atoms with Crippen LogP contribution in [0, 0.1) is 0 Å². The Morgan fingerprint density at radius 3 is 2.67 bits per heavy atom. The van der Waals surface area contributed by atoms with Crippen LogP contribution < -0.4 is 10.5 Å². The average Bonchev–Trinajstić information content (AvgIpc) is 2.35. The lowest BCUT2D eigenvalue weighted by Gasteiger charge is -2.26. The van der Waals surface area contributed by atoms with Crippen LogP contribution in [0.15, 0.2) is 24.3 Å². The monoisotopic (exact) mass is 252 g/mol. The van der Waals surface area contributed by atoms with E-state index >= 15 is 0 Å². The van der Waals surface area contributed by atoms with Gasteiger partial charge in [0.05, 0.1) is 7.11 Å². The van der Waals surface area contributed by atoms with E-state index in [-0.39, 0.29) is 6.04 Å². The zero-order chi connectivity index (χ0) is 13.7. The number of carboxylic acid groups (broad SMARTS) is 1. The molecule has 1 aromatic rings. The van der Waals surface area contributed by atoms with E-state index in [0.717, 1.165) is 11.3 Å². The topological polar surface area (TPSA) is 75.8 Å². The van der Waals surface area contributed by atoms with Gasteiger partial charge in [-0.2, -0.15) is 0 Å². The minimum atomic E-state index is -0.982. The van der Waals surface area contributed by atoms with Crippen LogP contribution in [0.5, 0.6) is 5.75 Å². The minimum absolute atomic E-state index is 0.0498. The van der Waals surface area contributed by atoms with Crippen molar-refractivity contribution >= 4 is 5.97 Å². The third-order valence-corrected chi connectivity index (χ3v) is 2.90. The highest BCUT2D eigenvalue weighted by Gasteiger charge is 2.22. The molecule has 0 aliphatic carbocycles. The average molecular weight is 252 g/mol. The van der Waals surface area contributed by atoms with Crippen molar-refractivity contribution in [1.82, 2.24) is 4.90 Å². The summed E-state index contributed by atoms with van der Waals surface area (Å²) >= 11 is 0. The highest BCUT2D eigenvalue weighted by Crippen LogP contribution is 2.26. The van der Waals surface area contributed by atoms with Gasteiger partial charge in [-0.05, 0) is 38.2 Å². The van der Waals surface area contributed by atoms with Gasteiger partial charge < -0.3 is 20.5 Å². The number of nitrogens with two attached hydrogens (primary N) is 1. The molecule has 100 valence electrons. The van der Waals surface area contributed by atoms with Crippen LogP contribution in [-0.4, -0.2) is 43.2 Å². The van der Waals surface area contributed by atoms with Gasteiger partial charge in [-0.25, -0.2) is 0 Å². The summed E-state index contributed by atoms with van der Waals surface area (Å²) in [6.07, 6.45) is 0.357. The first-order chi connectivity index (χ1) is 8.45. The van der Waals surface area contributed by atoms with E-state index in [4.69, 9.17) is 15.6 Å². The molecule has 2 unspecified atom stereocenters. The highest BCUT2D eigenvalue weighted by atomic mass is 16.5. The quantitative estimate of drug-likeness (QED) is 0.793. The summed E-state index contributed by atoms with van der Waals surface area (Å²) in [4.78, 5) is 12.8. The summed E-state index contributed by atoms with van der Waals surface area (Å²) in [5, 5.41) is 8.89. The van der Waals surface area contributed by atoms with E-state index in [9.17, 15) is 4.79 Å². The van der Waals surface area contributed by atoms with Crippen molar-refractivity contribution in [2.45, 2.75) is 18.5 Å². The summed E-state index contributed by atoms with van der Waals surface area (Å²) < 4.78 is 5.17. The number of ether oxygens (including phenoxy) is 1. The number of carboxylic acids is 1. The summed E-state index contributed by atoms with van der Waals surface area (Å²) in [5.74, 6) is -0.229. The molecule has 1 aromatic carbocycles. The van der Waals surface area contributed by atoms with Crippen molar-refractivity contribution in [3.05, 3.63) is 29.8 Å². The van der Waals surface area contributed by atoms with Crippen LogP contribution in [0.2, 0.25) is 0 Å². The molecule has 0 fully saturated rings. The Hall–Kier alpha value is -1.59. The van der Waals surface area contributed by atoms with E-state index in [2.05, 4.69) is 0 Å². The molecule has 0 saturated heterocycles. The zero-order valence-corrected chi connectivity index (χ0v) is 11.0. The van der Waals surface area contributed by atoms with Crippen molar-refractivity contribution in [2.24, 2.45) is 5.73 Å². The maximum absolute atomic E-state index is 10.8. The molecule has 5 nitrogen and oxygen atoms in total. The van der Waals surface area contributed by atoms with Crippen molar-refractivity contribution in [3.8, 4) is 5.75 Å². The van der Waals surface area contributed by atoms with Gasteiger partial charge in [-0.3, -0.25) is 4.79 Å². The van der Waals surface area contributed by atoms with Crippen molar-refractivity contribution in [2.75, 3.05) is 21.2 Å². The van der Waals surface area contributed by atoms with Crippen LogP contribution in [0.4, 0.5) is 0 Å². The lowest BCUT2D eigenvalue weighted by molar-refractivity contribution is -0.139. The van der Waals surface area contributed by atoms with Gasteiger partial charge in [0, 0.05) is 6.04 Å². The van der Waals surface area contributed by atoms with Crippen LogP contribution >= 0.6 is 0 Å². The Labute approximate surface area is 107 Å². The normalized spacial score (nSPS) is 14.3. The van der Waals surface area contributed by atoms with Crippen molar-refractivity contribution in [3.63, 3.8) is 0 Å². The highest BCUT2D eigenvalue weighted by molar-refractivity contribution is 5.73. The molecular formula is C13H20N2O3. The second kappa shape index (κ2) is 6.37. The Morgan fingerprint density at radius 2 is 2.17 bits per heavy atom. The van der Waals surface area contributed by atoms with Crippen LogP contribution in [0.1, 0.15) is 18.0 Å². The minimum Gasteiger partial charge on any atom is -0.497 e. The number of methoxy groups -OCH3 is 1. The van der Waals surface area contributed by atoms with Gasteiger partial charge in [0.1, 0.15) is 11.8 Å². The van der Waals surface area contributed by atoms with Gasteiger partial charge >= 0.3 is 5.97 Å². The summed E-state index contributed by atoms with van der Waals surface area (Å²) in [6, 6.07) is 6.67. The molecule has 5 heteroatoms. The largest absolute Gasteiger partial charge is 0.497 e. The number of nitrogens with zero attached hydrogens (tertiary/aromatic N) is 1. The third-order valence-electron chi connectivity index (χ3n) is 2.90. The molecule has 0 amide bonds. The van der Waals surface area contributed by atoms with E-state index < -0.39 is 12.0 Å². The molecule has 0 heterocycles.